The zero-order valence-electron chi connectivity index (χ0n) is 6.96. The Kier molecular flexibility index (Phi) is 2.31. The van der Waals surface area contributed by atoms with Gasteiger partial charge in [0.25, 0.3) is 0 Å². The first-order valence-electron chi connectivity index (χ1n) is 3.58. The van der Waals surface area contributed by atoms with Gasteiger partial charge in [-0.25, -0.2) is 4.99 Å². The van der Waals surface area contributed by atoms with Gasteiger partial charge in [-0.2, -0.15) is 0 Å². The van der Waals surface area contributed by atoms with E-state index in [0.717, 1.165) is 18.2 Å². The van der Waals surface area contributed by atoms with E-state index in [4.69, 9.17) is 0 Å². The highest BCUT2D eigenvalue weighted by atomic mass is 15.3. The predicted octanol–water partition coefficient (Wildman–Crippen LogP) is 0.925. The highest BCUT2D eigenvalue weighted by molar-refractivity contribution is 5.34. The highest BCUT2D eigenvalue weighted by Gasteiger charge is 2.14. The zero-order chi connectivity index (χ0) is 8.27. The second kappa shape index (κ2) is 3.23. The minimum atomic E-state index is 0.814. The third kappa shape index (κ3) is 1.42. The molecule has 3 heteroatoms. The van der Waals surface area contributed by atoms with E-state index in [2.05, 4.69) is 17.0 Å². The van der Waals surface area contributed by atoms with E-state index in [9.17, 15) is 0 Å². The predicted molar refractivity (Wildman–Crippen MR) is 47.2 cm³/mol. The van der Waals surface area contributed by atoms with Crippen molar-refractivity contribution >= 4 is 6.72 Å². The summed E-state index contributed by atoms with van der Waals surface area (Å²) in [6.45, 7) is 6.30. The molecule has 0 aliphatic carbocycles. The summed E-state index contributed by atoms with van der Waals surface area (Å²) in [7, 11) is 1.98. The molecule has 0 aromatic rings. The third-order valence-electron chi connectivity index (χ3n) is 1.59. The largest absolute Gasteiger partial charge is 0.365 e. The van der Waals surface area contributed by atoms with Gasteiger partial charge in [-0.3, -0.25) is 0 Å². The average molecular weight is 151 g/mol. The van der Waals surface area contributed by atoms with Crippen LogP contribution in [0, 0.1) is 0 Å². The summed E-state index contributed by atoms with van der Waals surface area (Å²) in [5, 5.41) is 3.19. The summed E-state index contributed by atoms with van der Waals surface area (Å²) < 4.78 is 0. The van der Waals surface area contributed by atoms with E-state index in [0.29, 0.717) is 0 Å². The van der Waals surface area contributed by atoms with E-state index in [1.807, 2.05) is 31.0 Å². The van der Waals surface area contributed by atoms with E-state index in [-0.39, 0.29) is 0 Å². The van der Waals surface area contributed by atoms with Crippen LogP contribution in [0.3, 0.4) is 0 Å². The van der Waals surface area contributed by atoms with Crippen molar-refractivity contribution in [2.75, 3.05) is 13.7 Å². The first-order valence-corrected chi connectivity index (χ1v) is 3.58. The van der Waals surface area contributed by atoms with Crippen LogP contribution in [0.1, 0.15) is 6.92 Å². The summed E-state index contributed by atoms with van der Waals surface area (Å²) in [6.07, 6.45) is 3.97. The molecule has 0 amide bonds. The molecule has 1 heterocycles. The quantitative estimate of drug-likeness (QED) is 0.594. The molecule has 3 nitrogen and oxygen atoms in total. The van der Waals surface area contributed by atoms with Crippen LogP contribution in [0.25, 0.3) is 0 Å². The Hall–Kier alpha value is -1.25. The Morgan fingerprint density at radius 1 is 1.73 bits per heavy atom. The molecule has 1 aliphatic rings. The lowest BCUT2D eigenvalue weighted by Gasteiger charge is -2.08. The molecule has 0 aromatic heterocycles. The molecule has 1 rings (SSSR count). The molecule has 0 aromatic carbocycles. The van der Waals surface area contributed by atoms with Crippen LogP contribution < -0.4 is 5.32 Å². The van der Waals surface area contributed by atoms with Gasteiger partial charge in [-0.05, 0) is 19.7 Å². The van der Waals surface area contributed by atoms with Crippen molar-refractivity contribution < 1.29 is 0 Å². The van der Waals surface area contributed by atoms with E-state index in [1.165, 1.54) is 0 Å². The standard InChI is InChI=1S/C8H13N3/c1-4-5-7-8(9-2)11(3)6-10-7/h4-5,10H,2,6H2,1,3H3/b5-4-. The SMILES string of the molecule is C=NC1=C(/C=C\C)NCN1C. The summed E-state index contributed by atoms with van der Waals surface area (Å²) in [6, 6.07) is 0. The molecule has 0 radical (unpaired) electrons. The first kappa shape index (κ1) is 7.85. The average Bonchev–Trinajstić information content (AvgIpc) is 2.33. The summed E-state index contributed by atoms with van der Waals surface area (Å²) in [5.74, 6) is 0.920. The summed E-state index contributed by atoms with van der Waals surface area (Å²) in [4.78, 5) is 5.93. The Labute approximate surface area is 67.1 Å². The van der Waals surface area contributed by atoms with Gasteiger partial charge < -0.3 is 10.2 Å². The van der Waals surface area contributed by atoms with Crippen LogP contribution in [0.2, 0.25) is 0 Å². The number of nitrogens with one attached hydrogen (secondary N) is 1. The molecule has 0 atom stereocenters. The molecule has 1 aliphatic heterocycles. The van der Waals surface area contributed by atoms with Gasteiger partial charge in [0.2, 0.25) is 0 Å². The lowest BCUT2D eigenvalue weighted by molar-refractivity contribution is 0.438. The Morgan fingerprint density at radius 3 is 3.00 bits per heavy atom. The van der Waals surface area contributed by atoms with Crippen LogP contribution in [0.5, 0.6) is 0 Å². The number of hydrogen-bond acceptors (Lipinski definition) is 3. The smallest absolute Gasteiger partial charge is 0.152 e. The Morgan fingerprint density at radius 2 is 2.45 bits per heavy atom. The number of nitrogens with zero attached hydrogens (tertiary/aromatic N) is 2. The van der Waals surface area contributed by atoms with Crippen LogP contribution in [-0.2, 0) is 0 Å². The summed E-state index contributed by atoms with van der Waals surface area (Å²) in [5.41, 5.74) is 1.05. The number of hydrogen-bond donors (Lipinski definition) is 1. The van der Waals surface area contributed by atoms with Gasteiger partial charge in [-0.15, -0.1) is 0 Å². The van der Waals surface area contributed by atoms with Crippen LogP contribution >= 0.6 is 0 Å². The first-order chi connectivity index (χ1) is 5.29. The van der Waals surface area contributed by atoms with Gasteiger partial charge >= 0.3 is 0 Å². The summed E-state index contributed by atoms with van der Waals surface area (Å²) >= 11 is 0. The van der Waals surface area contributed by atoms with E-state index in [1.54, 1.807) is 0 Å². The topological polar surface area (TPSA) is 27.6 Å². The minimum absolute atomic E-state index is 0.814. The number of rotatable bonds is 2. The van der Waals surface area contributed by atoms with Crippen molar-refractivity contribution in [3.05, 3.63) is 23.7 Å². The molecule has 0 unspecified atom stereocenters. The van der Waals surface area contributed by atoms with Gasteiger partial charge in [-0.1, -0.05) is 6.08 Å². The van der Waals surface area contributed by atoms with Crippen molar-refractivity contribution in [1.82, 2.24) is 10.2 Å². The second-order valence-electron chi connectivity index (χ2n) is 2.43. The van der Waals surface area contributed by atoms with Crippen molar-refractivity contribution in [3.8, 4) is 0 Å². The fourth-order valence-electron chi connectivity index (χ4n) is 1.07. The Bertz CT molecular complexity index is 215. The lowest BCUT2D eigenvalue weighted by Crippen LogP contribution is -2.18. The highest BCUT2D eigenvalue weighted by Crippen LogP contribution is 2.13. The van der Waals surface area contributed by atoms with Crippen molar-refractivity contribution in [2.24, 2.45) is 4.99 Å². The lowest BCUT2D eigenvalue weighted by atomic mass is 10.4. The van der Waals surface area contributed by atoms with Gasteiger partial charge in [0.15, 0.2) is 5.82 Å². The molecule has 11 heavy (non-hydrogen) atoms. The van der Waals surface area contributed by atoms with E-state index < -0.39 is 0 Å². The zero-order valence-corrected chi connectivity index (χ0v) is 6.96. The fraction of sp³-hybridized carbons (Fsp3) is 0.375. The molecule has 0 saturated carbocycles. The molecule has 0 spiro atoms. The minimum Gasteiger partial charge on any atom is -0.365 e. The van der Waals surface area contributed by atoms with Gasteiger partial charge in [0.05, 0.1) is 12.4 Å². The Balaban J connectivity index is 2.88. The molecule has 0 bridgehead atoms. The van der Waals surface area contributed by atoms with Gasteiger partial charge in [0.1, 0.15) is 0 Å². The monoisotopic (exact) mass is 151 g/mol. The molecule has 0 saturated heterocycles. The molecule has 1 N–H and O–H groups in total. The fourth-order valence-corrected chi connectivity index (χ4v) is 1.07. The molecule has 0 fully saturated rings. The maximum atomic E-state index is 3.91. The van der Waals surface area contributed by atoms with Crippen molar-refractivity contribution in [1.29, 1.82) is 0 Å². The van der Waals surface area contributed by atoms with Crippen LogP contribution in [-0.4, -0.2) is 25.3 Å². The second-order valence-corrected chi connectivity index (χ2v) is 2.43. The number of allylic oxidation sites excluding steroid dienone is 2. The van der Waals surface area contributed by atoms with Crippen molar-refractivity contribution in [2.45, 2.75) is 6.92 Å². The van der Waals surface area contributed by atoms with Gasteiger partial charge in [0, 0.05) is 7.05 Å². The molecule has 60 valence electrons. The van der Waals surface area contributed by atoms with Crippen molar-refractivity contribution in [3.63, 3.8) is 0 Å². The maximum absolute atomic E-state index is 3.91. The normalized spacial score (nSPS) is 17.8. The number of aliphatic imine (C=N–C) groups is 1. The third-order valence-corrected chi connectivity index (χ3v) is 1.59. The van der Waals surface area contributed by atoms with E-state index >= 15 is 0 Å². The molecular weight excluding hydrogens is 138 g/mol. The van der Waals surface area contributed by atoms with Crippen LogP contribution in [0.4, 0.5) is 0 Å². The van der Waals surface area contributed by atoms with Crippen LogP contribution in [0.15, 0.2) is 28.7 Å². The maximum Gasteiger partial charge on any atom is 0.152 e. The molecular formula is C8H13N3.